The quantitative estimate of drug-likeness (QED) is 0.410. The molecule has 0 bridgehead atoms. The van der Waals surface area contributed by atoms with E-state index in [9.17, 15) is 10.1 Å². The Balaban J connectivity index is 2.47. The lowest BCUT2D eigenvalue weighted by Crippen LogP contribution is -1.97. The second kappa shape index (κ2) is 6.01. The monoisotopic (exact) mass is 208 g/mol. The van der Waals surface area contributed by atoms with Gasteiger partial charge in [-0.15, -0.1) is 0 Å². The highest BCUT2D eigenvalue weighted by Gasteiger charge is 2.05. The minimum atomic E-state index is -0.428. The zero-order chi connectivity index (χ0) is 11.1. The van der Waals surface area contributed by atoms with Crippen LogP contribution < -0.4 is 4.74 Å². The first-order valence-electron chi connectivity index (χ1n) is 4.90. The van der Waals surface area contributed by atoms with Gasteiger partial charge >= 0.3 is 0 Å². The Labute approximate surface area is 89.0 Å². The summed E-state index contributed by atoms with van der Waals surface area (Å²) in [5, 5.41) is 10.5. The van der Waals surface area contributed by atoms with Crippen molar-refractivity contribution in [1.29, 1.82) is 0 Å². The van der Waals surface area contributed by atoms with Crippen LogP contribution in [0.5, 0.6) is 5.75 Å². The van der Waals surface area contributed by atoms with E-state index in [1.807, 2.05) is 0 Å². The SMILES string of the molecule is [CH2]CCCCOc1cccc([N+](=O)[O-])c1. The van der Waals surface area contributed by atoms with Crippen LogP contribution in [-0.2, 0) is 0 Å². The van der Waals surface area contributed by atoms with Gasteiger partial charge in [0.05, 0.1) is 17.6 Å². The molecular formula is C11H14NO3. The molecule has 0 saturated carbocycles. The van der Waals surface area contributed by atoms with Crippen LogP contribution in [0, 0.1) is 17.0 Å². The fraction of sp³-hybridized carbons (Fsp3) is 0.364. The molecule has 0 aliphatic rings. The van der Waals surface area contributed by atoms with E-state index in [0.717, 1.165) is 19.3 Å². The minimum absolute atomic E-state index is 0.0599. The van der Waals surface area contributed by atoms with Gasteiger partial charge in [0.15, 0.2) is 0 Å². The number of benzene rings is 1. The molecule has 0 N–H and O–H groups in total. The molecule has 0 fully saturated rings. The molecule has 15 heavy (non-hydrogen) atoms. The number of nitro benzene ring substituents is 1. The van der Waals surface area contributed by atoms with Crippen LogP contribution in [0.25, 0.3) is 0 Å². The normalized spacial score (nSPS) is 9.93. The summed E-state index contributed by atoms with van der Waals surface area (Å²) < 4.78 is 5.37. The van der Waals surface area contributed by atoms with Crippen molar-refractivity contribution in [2.24, 2.45) is 0 Å². The van der Waals surface area contributed by atoms with Crippen molar-refractivity contribution >= 4 is 5.69 Å². The van der Waals surface area contributed by atoms with Gasteiger partial charge in [-0.3, -0.25) is 10.1 Å². The topological polar surface area (TPSA) is 52.4 Å². The van der Waals surface area contributed by atoms with Gasteiger partial charge in [-0.1, -0.05) is 25.8 Å². The van der Waals surface area contributed by atoms with Crippen LogP contribution >= 0.6 is 0 Å². The van der Waals surface area contributed by atoms with E-state index in [4.69, 9.17) is 4.74 Å². The van der Waals surface area contributed by atoms with Crippen molar-refractivity contribution < 1.29 is 9.66 Å². The molecule has 0 spiro atoms. The third-order valence-corrected chi connectivity index (χ3v) is 1.94. The molecule has 1 rings (SSSR count). The van der Waals surface area contributed by atoms with Gasteiger partial charge in [-0.05, 0) is 12.5 Å². The van der Waals surface area contributed by atoms with Crippen molar-refractivity contribution in [3.05, 3.63) is 41.3 Å². The van der Waals surface area contributed by atoms with Crippen LogP contribution in [0.3, 0.4) is 0 Å². The molecule has 1 radical (unpaired) electrons. The van der Waals surface area contributed by atoms with E-state index < -0.39 is 4.92 Å². The Morgan fingerprint density at radius 3 is 2.87 bits per heavy atom. The van der Waals surface area contributed by atoms with Crippen molar-refractivity contribution in [3.63, 3.8) is 0 Å². The molecule has 81 valence electrons. The molecule has 1 aromatic carbocycles. The van der Waals surface area contributed by atoms with Gasteiger partial charge in [-0.25, -0.2) is 0 Å². The Hall–Kier alpha value is -1.58. The summed E-state index contributed by atoms with van der Waals surface area (Å²) in [5.74, 6) is 0.549. The van der Waals surface area contributed by atoms with Crippen LogP contribution in [-0.4, -0.2) is 11.5 Å². The van der Waals surface area contributed by atoms with E-state index in [0.29, 0.717) is 12.4 Å². The Bertz CT molecular complexity index is 325. The van der Waals surface area contributed by atoms with Crippen LogP contribution in [0.4, 0.5) is 5.69 Å². The minimum Gasteiger partial charge on any atom is -0.493 e. The lowest BCUT2D eigenvalue weighted by molar-refractivity contribution is -0.384. The Morgan fingerprint density at radius 2 is 2.20 bits per heavy atom. The first-order chi connectivity index (χ1) is 7.24. The number of hydrogen-bond donors (Lipinski definition) is 0. The average Bonchev–Trinajstić information content (AvgIpc) is 2.25. The summed E-state index contributed by atoms with van der Waals surface area (Å²) in [6.07, 6.45) is 2.82. The summed E-state index contributed by atoms with van der Waals surface area (Å²) in [4.78, 5) is 10.0. The van der Waals surface area contributed by atoms with E-state index >= 15 is 0 Å². The van der Waals surface area contributed by atoms with Crippen molar-refractivity contribution in [1.82, 2.24) is 0 Å². The molecule has 0 saturated heterocycles. The molecule has 0 heterocycles. The lowest BCUT2D eigenvalue weighted by Gasteiger charge is -2.04. The molecule has 0 aliphatic carbocycles. The standard InChI is InChI=1S/C11H14NO3/c1-2-3-4-8-15-11-7-5-6-10(9-11)12(13)14/h5-7,9H,1-4,8H2. The van der Waals surface area contributed by atoms with Gasteiger partial charge in [0.2, 0.25) is 0 Å². The average molecular weight is 208 g/mol. The van der Waals surface area contributed by atoms with Gasteiger partial charge < -0.3 is 4.74 Å². The molecule has 0 aromatic heterocycles. The summed E-state index contributed by atoms with van der Waals surface area (Å²) in [6.45, 7) is 4.30. The molecule has 0 aliphatic heterocycles. The van der Waals surface area contributed by atoms with Crippen LogP contribution in [0.2, 0.25) is 0 Å². The summed E-state index contributed by atoms with van der Waals surface area (Å²) in [5.41, 5.74) is 0.0599. The largest absolute Gasteiger partial charge is 0.493 e. The first-order valence-corrected chi connectivity index (χ1v) is 4.90. The summed E-state index contributed by atoms with van der Waals surface area (Å²) >= 11 is 0. The maximum absolute atomic E-state index is 10.5. The molecule has 0 unspecified atom stereocenters. The number of non-ortho nitro benzene ring substituents is 1. The molecule has 4 heteroatoms. The predicted octanol–water partition coefficient (Wildman–Crippen LogP) is 2.98. The van der Waals surface area contributed by atoms with Gasteiger partial charge in [-0.2, -0.15) is 0 Å². The number of ether oxygens (including phenoxy) is 1. The third kappa shape index (κ3) is 3.97. The first kappa shape index (κ1) is 11.5. The van der Waals surface area contributed by atoms with Crippen LogP contribution in [0.15, 0.2) is 24.3 Å². The maximum Gasteiger partial charge on any atom is 0.273 e. The van der Waals surface area contributed by atoms with Crippen molar-refractivity contribution in [3.8, 4) is 5.75 Å². The van der Waals surface area contributed by atoms with E-state index in [1.165, 1.54) is 12.1 Å². The fourth-order valence-electron chi connectivity index (χ4n) is 1.16. The number of nitro groups is 1. The highest BCUT2D eigenvalue weighted by Crippen LogP contribution is 2.19. The third-order valence-electron chi connectivity index (χ3n) is 1.94. The zero-order valence-electron chi connectivity index (χ0n) is 8.52. The van der Waals surface area contributed by atoms with Gasteiger partial charge in [0.25, 0.3) is 5.69 Å². The highest BCUT2D eigenvalue weighted by molar-refractivity contribution is 5.37. The second-order valence-electron chi connectivity index (χ2n) is 3.16. The molecule has 0 atom stereocenters. The highest BCUT2D eigenvalue weighted by atomic mass is 16.6. The molecule has 1 aromatic rings. The molecular weight excluding hydrogens is 194 g/mol. The van der Waals surface area contributed by atoms with Crippen molar-refractivity contribution in [2.45, 2.75) is 19.3 Å². The number of nitrogens with zero attached hydrogens (tertiary/aromatic N) is 1. The van der Waals surface area contributed by atoms with Gasteiger partial charge in [0.1, 0.15) is 5.75 Å². The number of rotatable bonds is 6. The van der Waals surface area contributed by atoms with Crippen LogP contribution in [0.1, 0.15) is 19.3 Å². The maximum atomic E-state index is 10.5. The van der Waals surface area contributed by atoms with E-state index in [1.54, 1.807) is 12.1 Å². The molecule has 0 amide bonds. The number of unbranched alkanes of at least 4 members (excludes halogenated alkanes) is 2. The van der Waals surface area contributed by atoms with E-state index in [-0.39, 0.29) is 5.69 Å². The number of hydrogen-bond acceptors (Lipinski definition) is 3. The fourth-order valence-corrected chi connectivity index (χ4v) is 1.16. The smallest absolute Gasteiger partial charge is 0.273 e. The summed E-state index contributed by atoms with van der Waals surface area (Å²) in [7, 11) is 0. The Kier molecular flexibility index (Phi) is 4.60. The van der Waals surface area contributed by atoms with E-state index in [2.05, 4.69) is 6.92 Å². The van der Waals surface area contributed by atoms with Gasteiger partial charge in [0, 0.05) is 6.07 Å². The predicted molar refractivity (Wildman–Crippen MR) is 57.8 cm³/mol. The lowest BCUT2D eigenvalue weighted by atomic mass is 10.2. The molecule has 4 nitrogen and oxygen atoms in total. The Morgan fingerprint density at radius 1 is 1.40 bits per heavy atom. The second-order valence-corrected chi connectivity index (χ2v) is 3.16. The zero-order valence-corrected chi connectivity index (χ0v) is 8.52. The summed E-state index contributed by atoms with van der Waals surface area (Å²) in [6, 6.07) is 6.22. The van der Waals surface area contributed by atoms with Crippen molar-refractivity contribution in [2.75, 3.05) is 6.61 Å².